The second-order valence-corrected chi connectivity index (χ2v) is 5.44. The van der Waals surface area contributed by atoms with Gasteiger partial charge in [0, 0.05) is 23.8 Å². The molecule has 1 aromatic heterocycles. The van der Waals surface area contributed by atoms with E-state index in [-0.39, 0.29) is 5.91 Å². The maximum absolute atomic E-state index is 12.4. The second-order valence-electron chi connectivity index (χ2n) is 4.58. The van der Waals surface area contributed by atoms with Crippen molar-refractivity contribution in [2.75, 3.05) is 20.1 Å². The van der Waals surface area contributed by atoms with E-state index in [2.05, 4.69) is 26.2 Å². The molecule has 1 aliphatic heterocycles. The Balaban J connectivity index is 2.10. The molecule has 2 rings (SSSR count). The van der Waals surface area contributed by atoms with Gasteiger partial charge >= 0.3 is 0 Å². The number of amides is 1. The van der Waals surface area contributed by atoms with Gasteiger partial charge in [-0.2, -0.15) is 0 Å². The average molecular weight is 312 g/mol. The van der Waals surface area contributed by atoms with Gasteiger partial charge in [0.1, 0.15) is 5.69 Å². The summed E-state index contributed by atoms with van der Waals surface area (Å²) in [6.07, 6.45) is 4.83. The Hall–Kier alpha value is -0.940. The molecule has 98 valence electrons. The number of hydrogen-bond donors (Lipinski definition) is 1. The first kappa shape index (κ1) is 13.5. The number of rotatable bonds is 2. The Morgan fingerprint density at radius 3 is 3.11 bits per heavy atom. The predicted octanol–water partition coefficient (Wildman–Crippen LogP) is 2.06. The zero-order valence-electron chi connectivity index (χ0n) is 10.5. The zero-order valence-corrected chi connectivity index (χ0v) is 12.1. The first-order valence-corrected chi connectivity index (χ1v) is 7.08. The normalized spacial score (nSPS) is 20.2. The Labute approximate surface area is 116 Å². The largest absolute Gasteiger partial charge is 0.337 e. The highest BCUT2D eigenvalue weighted by molar-refractivity contribution is 9.10. The summed E-state index contributed by atoms with van der Waals surface area (Å²) in [5.74, 6) is -0.00521. The van der Waals surface area contributed by atoms with Crippen molar-refractivity contribution >= 4 is 21.8 Å². The molecule has 4 nitrogen and oxygen atoms in total. The quantitative estimate of drug-likeness (QED) is 0.909. The second kappa shape index (κ2) is 6.29. The van der Waals surface area contributed by atoms with Crippen LogP contribution in [0.15, 0.2) is 22.8 Å². The number of nitrogens with one attached hydrogen (secondary N) is 1. The molecule has 1 aliphatic rings. The van der Waals surface area contributed by atoms with E-state index in [0.29, 0.717) is 11.7 Å². The molecule has 1 atom stereocenters. The molecule has 1 fully saturated rings. The average Bonchev–Trinajstić information content (AvgIpc) is 2.66. The summed E-state index contributed by atoms with van der Waals surface area (Å²) < 4.78 is 0.758. The summed E-state index contributed by atoms with van der Waals surface area (Å²) in [5, 5.41) is 3.36. The molecule has 18 heavy (non-hydrogen) atoms. The molecular weight excluding hydrogens is 294 g/mol. The molecule has 5 heteroatoms. The van der Waals surface area contributed by atoms with Crippen LogP contribution in [0.4, 0.5) is 0 Å². The highest BCUT2D eigenvalue weighted by Gasteiger charge is 2.24. The number of aromatic nitrogens is 1. The van der Waals surface area contributed by atoms with Gasteiger partial charge in [0.05, 0.1) is 0 Å². The fourth-order valence-electron chi connectivity index (χ4n) is 2.26. The van der Waals surface area contributed by atoms with Crippen LogP contribution in [0.2, 0.25) is 0 Å². The highest BCUT2D eigenvalue weighted by atomic mass is 79.9. The first-order chi connectivity index (χ1) is 8.70. The third kappa shape index (κ3) is 3.09. The van der Waals surface area contributed by atoms with Crippen LogP contribution in [0.5, 0.6) is 0 Å². The van der Waals surface area contributed by atoms with Crippen molar-refractivity contribution in [3.63, 3.8) is 0 Å². The van der Waals surface area contributed by atoms with Crippen molar-refractivity contribution in [1.29, 1.82) is 0 Å². The highest BCUT2D eigenvalue weighted by Crippen LogP contribution is 2.19. The van der Waals surface area contributed by atoms with E-state index in [9.17, 15) is 4.79 Å². The van der Waals surface area contributed by atoms with Crippen molar-refractivity contribution < 1.29 is 4.79 Å². The number of carbonyl (C=O) groups is 1. The summed E-state index contributed by atoms with van der Waals surface area (Å²) >= 11 is 3.38. The van der Waals surface area contributed by atoms with E-state index in [1.807, 2.05) is 24.1 Å². The molecule has 1 aromatic rings. The minimum Gasteiger partial charge on any atom is -0.337 e. The minimum atomic E-state index is -0.00521. The zero-order chi connectivity index (χ0) is 13.0. The molecule has 1 saturated heterocycles. The third-order valence-corrected chi connectivity index (χ3v) is 4.01. The van der Waals surface area contributed by atoms with E-state index in [1.165, 1.54) is 0 Å². The number of halogens is 1. The van der Waals surface area contributed by atoms with Crippen molar-refractivity contribution in [2.45, 2.75) is 25.3 Å². The van der Waals surface area contributed by atoms with Crippen molar-refractivity contribution in [3.05, 3.63) is 28.5 Å². The SMILES string of the molecule is CN(C(=O)c1ncccc1Br)C1CCCNCC1. The molecule has 2 heterocycles. The number of nitrogens with zero attached hydrogens (tertiary/aromatic N) is 2. The Morgan fingerprint density at radius 2 is 2.33 bits per heavy atom. The van der Waals surface area contributed by atoms with Crippen molar-refractivity contribution in [1.82, 2.24) is 15.2 Å². The minimum absolute atomic E-state index is 0.00521. The van der Waals surface area contributed by atoms with Gasteiger partial charge in [-0.15, -0.1) is 0 Å². The molecule has 0 spiro atoms. The van der Waals surface area contributed by atoms with Crippen LogP contribution >= 0.6 is 15.9 Å². The predicted molar refractivity (Wildman–Crippen MR) is 74.5 cm³/mol. The van der Waals surface area contributed by atoms with E-state index < -0.39 is 0 Å². The lowest BCUT2D eigenvalue weighted by Crippen LogP contribution is -2.38. The van der Waals surface area contributed by atoms with Gasteiger partial charge in [0.25, 0.3) is 5.91 Å². The topological polar surface area (TPSA) is 45.2 Å². The fourth-order valence-corrected chi connectivity index (χ4v) is 2.69. The van der Waals surface area contributed by atoms with Gasteiger partial charge in [-0.3, -0.25) is 4.79 Å². The summed E-state index contributed by atoms with van der Waals surface area (Å²) in [6, 6.07) is 3.97. The van der Waals surface area contributed by atoms with E-state index >= 15 is 0 Å². The van der Waals surface area contributed by atoms with Gasteiger partial charge in [0.2, 0.25) is 0 Å². The number of hydrogen-bond acceptors (Lipinski definition) is 3. The smallest absolute Gasteiger partial charge is 0.273 e. The van der Waals surface area contributed by atoms with Gasteiger partial charge < -0.3 is 10.2 Å². The van der Waals surface area contributed by atoms with Crippen LogP contribution in [-0.4, -0.2) is 42.0 Å². The van der Waals surface area contributed by atoms with Crippen LogP contribution in [0, 0.1) is 0 Å². The maximum atomic E-state index is 12.4. The monoisotopic (exact) mass is 311 g/mol. The summed E-state index contributed by atoms with van der Waals surface area (Å²) in [5.41, 5.74) is 0.497. The Kier molecular flexibility index (Phi) is 4.72. The fraction of sp³-hybridized carbons (Fsp3) is 0.538. The van der Waals surface area contributed by atoms with Crippen LogP contribution in [0.1, 0.15) is 29.8 Å². The Morgan fingerprint density at radius 1 is 1.50 bits per heavy atom. The lowest BCUT2D eigenvalue weighted by atomic mass is 10.1. The maximum Gasteiger partial charge on any atom is 0.273 e. The van der Waals surface area contributed by atoms with Crippen LogP contribution in [0.25, 0.3) is 0 Å². The number of carbonyl (C=O) groups excluding carboxylic acids is 1. The standard InChI is InChI=1S/C13H18BrN3O/c1-17(10-4-2-7-15-9-6-10)13(18)12-11(14)5-3-8-16-12/h3,5,8,10,15H,2,4,6-7,9H2,1H3. The van der Waals surface area contributed by atoms with Crippen LogP contribution in [0.3, 0.4) is 0 Å². The molecule has 0 saturated carbocycles. The van der Waals surface area contributed by atoms with Gasteiger partial charge in [-0.1, -0.05) is 0 Å². The van der Waals surface area contributed by atoms with E-state index in [1.54, 1.807) is 6.20 Å². The molecule has 0 radical (unpaired) electrons. The number of pyridine rings is 1. The first-order valence-electron chi connectivity index (χ1n) is 6.28. The molecule has 1 N–H and O–H groups in total. The lowest BCUT2D eigenvalue weighted by molar-refractivity contribution is 0.0713. The summed E-state index contributed by atoms with van der Waals surface area (Å²) in [6.45, 7) is 2.03. The molecule has 0 bridgehead atoms. The lowest BCUT2D eigenvalue weighted by Gasteiger charge is -2.27. The van der Waals surface area contributed by atoms with Crippen LogP contribution < -0.4 is 5.32 Å². The van der Waals surface area contributed by atoms with Crippen molar-refractivity contribution in [3.8, 4) is 0 Å². The van der Waals surface area contributed by atoms with Gasteiger partial charge in [-0.25, -0.2) is 4.98 Å². The van der Waals surface area contributed by atoms with Gasteiger partial charge in [0.15, 0.2) is 0 Å². The molecule has 0 aromatic carbocycles. The third-order valence-electron chi connectivity index (χ3n) is 3.37. The summed E-state index contributed by atoms with van der Waals surface area (Å²) in [7, 11) is 1.87. The molecule has 1 unspecified atom stereocenters. The summed E-state index contributed by atoms with van der Waals surface area (Å²) in [4.78, 5) is 18.4. The Bertz CT molecular complexity index is 416. The molecule has 0 aliphatic carbocycles. The van der Waals surface area contributed by atoms with Crippen LogP contribution in [-0.2, 0) is 0 Å². The van der Waals surface area contributed by atoms with E-state index in [0.717, 1.165) is 36.8 Å². The van der Waals surface area contributed by atoms with Gasteiger partial charge in [-0.05, 0) is 60.4 Å². The van der Waals surface area contributed by atoms with Crippen molar-refractivity contribution in [2.24, 2.45) is 0 Å². The van der Waals surface area contributed by atoms with E-state index in [4.69, 9.17) is 0 Å². The molecular formula is C13H18BrN3O. The molecule has 1 amide bonds.